The third kappa shape index (κ3) is 4.75. The van der Waals surface area contributed by atoms with Crippen molar-refractivity contribution in [3.05, 3.63) is 76.6 Å². The lowest BCUT2D eigenvalue weighted by Gasteiger charge is -2.39. The highest BCUT2D eigenvalue weighted by Gasteiger charge is 2.31. The van der Waals surface area contributed by atoms with Gasteiger partial charge in [0.25, 0.3) is 5.56 Å². The van der Waals surface area contributed by atoms with Gasteiger partial charge in [-0.1, -0.05) is 42.4 Å². The highest BCUT2D eigenvalue weighted by Crippen LogP contribution is 2.38. The maximum absolute atomic E-state index is 13.7. The first-order valence-electron chi connectivity index (χ1n) is 13.1. The number of benzene rings is 3. The van der Waals surface area contributed by atoms with Crippen LogP contribution >= 0.6 is 11.6 Å². The van der Waals surface area contributed by atoms with E-state index in [1.165, 1.54) is 6.08 Å². The maximum atomic E-state index is 13.7. The van der Waals surface area contributed by atoms with E-state index in [-0.39, 0.29) is 29.2 Å². The van der Waals surface area contributed by atoms with Gasteiger partial charge in [-0.3, -0.25) is 9.59 Å². The minimum atomic E-state index is -0.197. The minimum absolute atomic E-state index is 0.100. The molecular weight excluding hydrogens is 514 g/mol. The zero-order chi connectivity index (χ0) is 27.3. The van der Waals surface area contributed by atoms with E-state index in [9.17, 15) is 14.7 Å². The number of aromatic nitrogens is 2. The Balaban J connectivity index is 1.47. The van der Waals surface area contributed by atoms with Gasteiger partial charge < -0.3 is 24.8 Å². The van der Waals surface area contributed by atoms with E-state index < -0.39 is 0 Å². The van der Waals surface area contributed by atoms with Crippen molar-refractivity contribution in [1.82, 2.24) is 19.4 Å². The van der Waals surface area contributed by atoms with Crippen molar-refractivity contribution in [3.8, 4) is 16.9 Å². The largest absolute Gasteiger partial charge is 0.508 e. The number of phenolic OH excluding ortho intramolecular Hbond substituents is 1. The molecule has 8 nitrogen and oxygen atoms in total. The lowest BCUT2D eigenvalue weighted by Crippen LogP contribution is -2.51. The van der Waals surface area contributed by atoms with Crippen LogP contribution in [-0.4, -0.2) is 69.6 Å². The summed E-state index contributed by atoms with van der Waals surface area (Å²) < 4.78 is 1.74. The molecule has 1 atom stereocenters. The first-order chi connectivity index (χ1) is 18.8. The van der Waals surface area contributed by atoms with Crippen LogP contribution in [0.2, 0.25) is 5.02 Å². The summed E-state index contributed by atoms with van der Waals surface area (Å²) in [7, 11) is 2.06. The molecule has 3 heterocycles. The Morgan fingerprint density at radius 1 is 1.18 bits per heavy atom. The topological polar surface area (TPSA) is 90.7 Å². The Morgan fingerprint density at radius 3 is 2.72 bits per heavy atom. The van der Waals surface area contributed by atoms with Crippen LogP contribution in [0.15, 0.2) is 66.0 Å². The molecule has 39 heavy (non-hydrogen) atoms. The summed E-state index contributed by atoms with van der Waals surface area (Å²) in [5.41, 5.74) is 2.60. The number of carbonyl (C=O) groups is 1. The van der Waals surface area contributed by atoms with Crippen molar-refractivity contribution in [2.75, 3.05) is 38.5 Å². The van der Waals surface area contributed by atoms with Gasteiger partial charge in [0.2, 0.25) is 5.91 Å². The minimum Gasteiger partial charge on any atom is -0.508 e. The maximum Gasteiger partial charge on any atom is 0.293 e. The molecule has 0 bridgehead atoms. The third-order valence-corrected chi connectivity index (χ3v) is 8.10. The molecular formula is C30H30ClN5O3. The van der Waals surface area contributed by atoms with Crippen LogP contribution < -0.4 is 10.9 Å². The Bertz CT molecular complexity index is 1680. The molecule has 2 fully saturated rings. The number of aromatic hydroxyl groups is 1. The lowest BCUT2D eigenvalue weighted by molar-refractivity contribution is -0.132. The van der Waals surface area contributed by atoms with Crippen molar-refractivity contribution in [1.29, 1.82) is 0 Å². The first kappa shape index (κ1) is 25.4. The zero-order valence-corrected chi connectivity index (χ0v) is 22.5. The van der Waals surface area contributed by atoms with E-state index in [0.717, 1.165) is 41.4 Å². The van der Waals surface area contributed by atoms with Crippen LogP contribution in [0.4, 0.5) is 5.82 Å². The highest BCUT2D eigenvalue weighted by atomic mass is 35.5. The molecule has 0 spiro atoms. The van der Waals surface area contributed by atoms with Crippen molar-refractivity contribution >= 4 is 45.1 Å². The second-order valence-corrected chi connectivity index (χ2v) is 11.0. The Morgan fingerprint density at radius 2 is 1.97 bits per heavy atom. The van der Waals surface area contributed by atoms with E-state index in [1.54, 1.807) is 27.7 Å². The third-order valence-electron chi connectivity index (χ3n) is 7.79. The summed E-state index contributed by atoms with van der Waals surface area (Å²) in [6.07, 6.45) is 2.25. The monoisotopic (exact) mass is 543 g/mol. The number of phenols is 1. The molecule has 0 radical (unpaired) electrons. The molecule has 2 saturated heterocycles. The number of rotatable bonds is 6. The fraction of sp³-hybridized carbons (Fsp3) is 0.300. The summed E-state index contributed by atoms with van der Waals surface area (Å²) in [4.78, 5) is 34.4. The normalized spacial score (nSPS) is 18.0. The van der Waals surface area contributed by atoms with Gasteiger partial charge in [0, 0.05) is 43.7 Å². The van der Waals surface area contributed by atoms with Crippen LogP contribution in [-0.2, 0) is 11.3 Å². The molecule has 200 valence electrons. The second kappa shape index (κ2) is 10.0. The van der Waals surface area contributed by atoms with E-state index in [1.807, 2.05) is 30.3 Å². The number of fused-ring (bicyclic) bond motifs is 2. The first-order valence-corrected chi connectivity index (χ1v) is 13.5. The van der Waals surface area contributed by atoms with Gasteiger partial charge in [-0.25, -0.2) is 4.98 Å². The number of hydrogen-bond acceptors (Lipinski definition) is 6. The number of likely N-dealkylation sites (tertiary alicyclic amines) is 2. The van der Waals surface area contributed by atoms with Gasteiger partial charge in [0.1, 0.15) is 5.75 Å². The van der Waals surface area contributed by atoms with Gasteiger partial charge in [-0.2, -0.15) is 0 Å². The standard InChI is InChI=1S/C30H30ClN5O3/c1-3-28(38)35-14-18(15-35)16-36-27-13-25(31)24(23-11-21(37)10-19-6-4-5-7-22(19)23)12-26(27)33-29(30(36)39)32-20-8-9-34(2)17-20/h3-7,10-13,18,20,37H,1,8-9,14-17H2,2H3,(H,32,33)/t20-/m0/s1. The van der Waals surface area contributed by atoms with E-state index in [4.69, 9.17) is 16.6 Å². The van der Waals surface area contributed by atoms with Crippen LogP contribution in [0.1, 0.15) is 6.42 Å². The lowest BCUT2D eigenvalue weighted by atomic mass is 9.97. The quantitative estimate of drug-likeness (QED) is 0.352. The molecule has 1 aromatic heterocycles. The number of amides is 1. The van der Waals surface area contributed by atoms with Crippen LogP contribution in [0.5, 0.6) is 5.75 Å². The molecule has 0 aliphatic carbocycles. The van der Waals surface area contributed by atoms with Gasteiger partial charge in [0.15, 0.2) is 5.82 Å². The molecule has 2 aliphatic rings. The number of hydrogen-bond donors (Lipinski definition) is 2. The molecule has 1 amide bonds. The molecule has 4 aromatic rings. The molecule has 9 heteroatoms. The SMILES string of the molecule is C=CC(=O)N1CC(Cn2c(=O)c(N[C@H]3CCN(C)C3)nc3cc(-c4cc(O)cc5ccccc45)c(Cl)cc32)C1. The second-order valence-electron chi connectivity index (χ2n) is 10.6. The molecule has 0 unspecified atom stereocenters. The predicted octanol–water partition coefficient (Wildman–Crippen LogP) is 4.34. The Labute approximate surface area is 231 Å². The van der Waals surface area contributed by atoms with Gasteiger partial charge in [-0.15, -0.1) is 0 Å². The number of anilines is 1. The zero-order valence-electron chi connectivity index (χ0n) is 21.7. The van der Waals surface area contributed by atoms with Crippen LogP contribution in [0.25, 0.3) is 32.9 Å². The number of nitrogens with one attached hydrogen (secondary N) is 1. The molecule has 2 N–H and O–H groups in total. The van der Waals surface area contributed by atoms with Gasteiger partial charge in [-0.05, 0) is 66.7 Å². The fourth-order valence-corrected chi connectivity index (χ4v) is 6.02. The molecule has 2 aliphatic heterocycles. The van der Waals surface area contributed by atoms with Crippen LogP contribution in [0.3, 0.4) is 0 Å². The molecule has 6 rings (SSSR count). The predicted molar refractivity (Wildman–Crippen MR) is 155 cm³/mol. The smallest absolute Gasteiger partial charge is 0.293 e. The van der Waals surface area contributed by atoms with Gasteiger partial charge >= 0.3 is 0 Å². The van der Waals surface area contributed by atoms with Crippen LogP contribution in [0, 0.1) is 5.92 Å². The average molecular weight is 544 g/mol. The number of carbonyl (C=O) groups excluding carboxylic acids is 1. The summed E-state index contributed by atoms with van der Waals surface area (Å²) in [5.74, 6) is 0.498. The van der Waals surface area contributed by atoms with Crippen molar-refractivity contribution in [2.24, 2.45) is 5.92 Å². The summed E-state index contributed by atoms with van der Waals surface area (Å²) in [6.45, 7) is 6.94. The van der Waals surface area contributed by atoms with Crippen molar-refractivity contribution in [3.63, 3.8) is 0 Å². The number of nitrogens with zero attached hydrogens (tertiary/aromatic N) is 4. The average Bonchev–Trinajstić information content (AvgIpc) is 3.31. The number of likely N-dealkylation sites (N-methyl/N-ethyl adjacent to an activating group) is 1. The Hall–Kier alpha value is -3.88. The molecule has 3 aromatic carbocycles. The fourth-order valence-electron chi connectivity index (χ4n) is 5.76. The number of halogens is 1. The van der Waals surface area contributed by atoms with E-state index in [0.29, 0.717) is 41.5 Å². The van der Waals surface area contributed by atoms with E-state index >= 15 is 0 Å². The Kier molecular flexibility index (Phi) is 6.53. The summed E-state index contributed by atoms with van der Waals surface area (Å²) in [5, 5.41) is 16.2. The van der Waals surface area contributed by atoms with Crippen molar-refractivity contribution in [2.45, 2.75) is 19.0 Å². The van der Waals surface area contributed by atoms with Crippen molar-refractivity contribution < 1.29 is 9.90 Å². The highest BCUT2D eigenvalue weighted by molar-refractivity contribution is 6.34. The summed E-state index contributed by atoms with van der Waals surface area (Å²) in [6, 6.07) is 15.1. The summed E-state index contributed by atoms with van der Waals surface area (Å²) >= 11 is 6.87. The molecule has 0 saturated carbocycles. The van der Waals surface area contributed by atoms with Gasteiger partial charge in [0.05, 0.1) is 16.1 Å². The van der Waals surface area contributed by atoms with E-state index in [2.05, 4.69) is 23.8 Å².